The van der Waals surface area contributed by atoms with Gasteiger partial charge in [0.15, 0.2) is 0 Å². The standard InChI is InChI=1S/C18H21N3O3/c1-24-10-9-20-7-5-18(17(20)23)6-8-21(13-18)16(22)15-4-2-3-14(11-15)12-19/h2-4,11H,5-10,13H2,1H3. The summed E-state index contributed by atoms with van der Waals surface area (Å²) in [6, 6.07) is 8.76. The number of hydrogen-bond donors (Lipinski definition) is 0. The van der Waals surface area contributed by atoms with Crippen molar-refractivity contribution in [1.82, 2.24) is 9.80 Å². The van der Waals surface area contributed by atoms with Gasteiger partial charge in [0.2, 0.25) is 5.91 Å². The molecular weight excluding hydrogens is 306 g/mol. The predicted octanol–water partition coefficient (Wildman–Crippen LogP) is 1.27. The summed E-state index contributed by atoms with van der Waals surface area (Å²) in [6.45, 7) is 2.92. The number of benzene rings is 1. The van der Waals surface area contributed by atoms with E-state index in [-0.39, 0.29) is 11.8 Å². The lowest BCUT2D eigenvalue weighted by Crippen LogP contribution is -2.39. The van der Waals surface area contributed by atoms with Gasteiger partial charge in [-0.2, -0.15) is 5.26 Å². The highest BCUT2D eigenvalue weighted by molar-refractivity contribution is 5.96. The largest absolute Gasteiger partial charge is 0.383 e. The molecule has 1 aromatic rings. The molecule has 2 heterocycles. The molecule has 6 heteroatoms. The average molecular weight is 327 g/mol. The zero-order chi connectivity index (χ0) is 17.2. The number of carbonyl (C=O) groups excluding carboxylic acids is 2. The number of likely N-dealkylation sites (tertiary alicyclic amines) is 2. The highest BCUT2D eigenvalue weighted by atomic mass is 16.5. The Morgan fingerprint density at radius 1 is 1.38 bits per heavy atom. The van der Waals surface area contributed by atoms with Gasteiger partial charge in [-0.1, -0.05) is 6.07 Å². The monoisotopic (exact) mass is 327 g/mol. The Morgan fingerprint density at radius 2 is 2.17 bits per heavy atom. The minimum atomic E-state index is -0.434. The molecule has 0 radical (unpaired) electrons. The van der Waals surface area contributed by atoms with Gasteiger partial charge < -0.3 is 14.5 Å². The third-order valence-electron chi connectivity index (χ3n) is 5.05. The Morgan fingerprint density at radius 3 is 2.92 bits per heavy atom. The van der Waals surface area contributed by atoms with Crippen molar-refractivity contribution in [1.29, 1.82) is 5.26 Å². The van der Waals surface area contributed by atoms with Crippen LogP contribution in [0.4, 0.5) is 0 Å². The Hall–Kier alpha value is -2.39. The molecule has 6 nitrogen and oxygen atoms in total. The second-order valence-corrected chi connectivity index (χ2v) is 6.48. The van der Waals surface area contributed by atoms with E-state index in [1.54, 1.807) is 36.3 Å². The number of methoxy groups -OCH3 is 1. The molecule has 0 aliphatic carbocycles. The maximum absolute atomic E-state index is 12.7. The molecule has 2 fully saturated rings. The average Bonchev–Trinajstić information content (AvgIpc) is 3.18. The van der Waals surface area contributed by atoms with E-state index in [0.29, 0.717) is 43.8 Å². The van der Waals surface area contributed by atoms with Crippen LogP contribution < -0.4 is 0 Å². The van der Waals surface area contributed by atoms with Crippen LogP contribution in [0.15, 0.2) is 24.3 Å². The van der Waals surface area contributed by atoms with E-state index in [4.69, 9.17) is 10.00 Å². The number of rotatable bonds is 4. The fraction of sp³-hybridized carbons (Fsp3) is 0.500. The van der Waals surface area contributed by atoms with Gasteiger partial charge in [0.05, 0.1) is 23.7 Å². The van der Waals surface area contributed by atoms with Gasteiger partial charge in [-0.25, -0.2) is 0 Å². The molecule has 2 saturated heterocycles. The fourth-order valence-electron chi connectivity index (χ4n) is 3.64. The number of nitrogens with zero attached hydrogens (tertiary/aromatic N) is 3. The number of carbonyl (C=O) groups is 2. The molecule has 24 heavy (non-hydrogen) atoms. The van der Waals surface area contributed by atoms with E-state index >= 15 is 0 Å². The van der Waals surface area contributed by atoms with Crippen LogP contribution in [0.5, 0.6) is 0 Å². The molecule has 3 rings (SSSR count). The van der Waals surface area contributed by atoms with Gasteiger partial charge in [-0.15, -0.1) is 0 Å². The summed E-state index contributed by atoms with van der Waals surface area (Å²) in [6.07, 6.45) is 1.50. The van der Waals surface area contributed by atoms with E-state index in [1.165, 1.54) is 0 Å². The fourth-order valence-corrected chi connectivity index (χ4v) is 3.64. The van der Waals surface area contributed by atoms with Crippen LogP contribution in [0.1, 0.15) is 28.8 Å². The molecule has 1 aromatic carbocycles. The molecule has 0 N–H and O–H groups in total. The molecule has 0 aromatic heterocycles. The topological polar surface area (TPSA) is 73.6 Å². The van der Waals surface area contributed by atoms with Crippen molar-refractivity contribution in [2.75, 3.05) is 39.9 Å². The normalized spacial score (nSPS) is 23.1. The zero-order valence-corrected chi connectivity index (χ0v) is 13.8. The first-order valence-corrected chi connectivity index (χ1v) is 8.17. The van der Waals surface area contributed by atoms with Gasteiger partial charge >= 0.3 is 0 Å². The van der Waals surface area contributed by atoms with Gasteiger partial charge in [0.1, 0.15) is 0 Å². The second-order valence-electron chi connectivity index (χ2n) is 6.48. The molecule has 1 unspecified atom stereocenters. The van der Waals surface area contributed by atoms with Crippen molar-refractivity contribution in [3.63, 3.8) is 0 Å². The maximum Gasteiger partial charge on any atom is 0.253 e. The van der Waals surface area contributed by atoms with Crippen LogP contribution in [0.2, 0.25) is 0 Å². The number of hydrogen-bond acceptors (Lipinski definition) is 4. The first-order valence-electron chi connectivity index (χ1n) is 8.17. The summed E-state index contributed by atoms with van der Waals surface area (Å²) >= 11 is 0. The van der Waals surface area contributed by atoms with Crippen molar-refractivity contribution in [3.8, 4) is 6.07 Å². The number of ether oxygens (including phenoxy) is 1. The minimum absolute atomic E-state index is 0.105. The van der Waals surface area contributed by atoms with Crippen molar-refractivity contribution in [3.05, 3.63) is 35.4 Å². The lowest BCUT2D eigenvalue weighted by molar-refractivity contribution is -0.135. The third kappa shape index (κ3) is 2.87. The molecule has 2 aliphatic rings. The summed E-state index contributed by atoms with van der Waals surface area (Å²) in [5.74, 6) is 0.0349. The second kappa shape index (κ2) is 6.62. The summed E-state index contributed by atoms with van der Waals surface area (Å²) in [5.41, 5.74) is 0.543. The smallest absolute Gasteiger partial charge is 0.253 e. The molecule has 0 bridgehead atoms. The Kier molecular flexibility index (Phi) is 4.54. The Bertz CT molecular complexity index is 697. The molecule has 1 spiro atoms. The van der Waals surface area contributed by atoms with Gasteiger partial charge in [0.25, 0.3) is 5.91 Å². The minimum Gasteiger partial charge on any atom is -0.383 e. The van der Waals surface area contributed by atoms with Crippen LogP contribution in [0.3, 0.4) is 0 Å². The van der Waals surface area contributed by atoms with Crippen LogP contribution in [0.25, 0.3) is 0 Å². The van der Waals surface area contributed by atoms with Crippen LogP contribution in [0, 0.1) is 16.7 Å². The van der Waals surface area contributed by atoms with E-state index in [2.05, 4.69) is 6.07 Å². The Labute approximate surface area is 141 Å². The maximum atomic E-state index is 12.7. The van der Waals surface area contributed by atoms with Crippen molar-refractivity contribution >= 4 is 11.8 Å². The van der Waals surface area contributed by atoms with E-state index in [9.17, 15) is 9.59 Å². The summed E-state index contributed by atoms with van der Waals surface area (Å²) in [7, 11) is 1.63. The predicted molar refractivity (Wildman–Crippen MR) is 87.2 cm³/mol. The zero-order valence-electron chi connectivity index (χ0n) is 13.8. The highest BCUT2D eigenvalue weighted by Gasteiger charge is 2.51. The van der Waals surface area contributed by atoms with Gasteiger partial charge in [-0.05, 0) is 31.0 Å². The number of amides is 2. The molecule has 1 atom stereocenters. The molecule has 2 aliphatic heterocycles. The van der Waals surface area contributed by atoms with Crippen molar-refractivity contribution in [2.24, 2.45) is 5.41 Å². The SMILES string of the molecule is COCCN1CCC2(CCN(C(=O)c3cccc(C#N)c3)C2)C1=O. The third-order valence-corrected chi connectivity index (χ3v) is 5.05. The summed E-state index contributed by atoms with van der Waals surface area (Å²) in [5, 5.41) is 8.98. The number of nitriles is 1. The summed E-state index contributed by atoms with van der Waals surface area (Å²) in [4.78, 5) is 29.0. The first-order chi connectivity index (χ1) is 11.6. The van der Waals surface area contributed by atoms with Gasteiger partial charge in [0, 0.05) is 38.9 Å². The van der Waals surface area contributed by atoms with Crippen molar-refractivity contribution in [2.45, 2.75) is 12.8 Å². The van der Waals surface area contributed by atoms with E-state index < -0.39 is 5.41 Å². The van der Waals surface area contributed by atoms with Gasteiger partial charge in [-0.3, -0.25) is 9.59 Å². The molecule has 0 saturated carbocycles. The highest BCUT2D eigenvalue weighted by Crippen LogP contribution is 2.41. The van der Waals surface area contributed by atoms with Crippen LogP contribution in [-0.2, 0) is 9.53 Å². The van der Waals surface area contributed by atoms with Crippen LogP contribution >= 0.6 is 0 Å². The van der Waals surface area contributed by atoms with E-state index in [1.807, 2.05) is 4.90 Å². The molecule has 126 valence electrons. The summed E-state index contributed by atoms with van der Waals surface area (Å²) < 4.78 is 5.06. The van der Waals surface area contributed by atoms with E-state index in [0.717, 1.165) is 13.0 Å². The molecule has 2 amide bonds. The van der Waals surface area contributed by atoms with Crippen LogP contribution in [-0.4, -0.2) is 61.5 Å². The molecular formula is C18H21N3O3. The van der Waals surface area contributed by atoms with Crippen molar-refractivity contribution < 1.29 is 14.3 Å². The first kappa shape index (κ1) is 16.5. The lowest BCUT2D eigenvalue weighted by atomic mass is 9.85. The lowest BCUT2D eigenvalue weighted by Gasteiger charge is -2.23. The Balaban J connectivity index is 1.70. The quantitative estimate of drug-likeness (QED) is 0.835.